The maximum absolute atomic E-state index is 15.2. The van der Waals surface area contributed by atoms with Crippen molar-refractivity contribution in [2.24, 2.45) is 5.92 Å². The third kappa shape index (κ3) is 6.49. The van der Waals surface area contributed by atoms with Crippen LogP contribution in [0.1, 0.15) is 84.8 Å². The summed E-state index contributed by atoms with van der Waals surface area (Å²) in [6, 6.07) is 7.89. The standard InChI is InChI=1S/C34H33Cl2FN4O6S/c1-16(2)15-45-26(42)14-38-32(43)18-10-24(37)29-25(11-18)48-34(39-29)41-19-8-9-20(41)13-21(12-19)46-33(44)28-30(40-47-31(28)17-6-7-17)27-22(35)4-3-5-23(27)36/h3-5,10-11,16-17,19-21H,6-9,12-15H2,1-2H3,(H,38,43)/t19-,20+,21?. The summed E-state index contributed by atoms with van der Waals surface area (Å²) < 4.78 is 32.6. The van der Waals surface area contributed by atoms with Gasteiger partial charge in [-0.25, -0.2) is 14.2 Å². The molecular formula is C34H33Cl2FN4O6S. The minimum atomic E-state index is -0.617. The number of esters is 2. The van der Waals surface area contributed by atoms with Gasteiger partial charge >= 0.3 is 11.9 Å². The third-order valence-electron chi connectivity index (χ3n) is 8.92. The molecule has 14 heteroatoms. The largest absolute Gasteiger partial charge is 0.464 e. The highest BCUT2D eigenvalue weighted by atomic mass is 35.5. The first-order valence-electron chi connectivity index (χ1n) is 16.0. The van der Waals surface area contributed by atoms with Crippen LogP contribution in [0.2, 0.25) is 10.0 Å². The lowest BCUT2D eigenvalue weighted by Gasteiger charge is -2.38. The second-order valence-corrected chi connectivity index (χ2v) is 14.8. The predicted octanol–water partition coefficient (Wildman–Crippen LogP) is 7.56. The van der Waals surface area contributed by atoms with Gasteiger partial charge in [0.05, 0.1) is 21.4 Å². The van der Waals surface area contributed by atoms with Gasteiger partial charge in [-0.05, 0) is 55.9 Å². The number of thiazole rings is 1. The normalized spacial score (nSPS) is 20.4. The van der Waals surface area contributed by atoms with E-state index in [-0.39, 0.29) is 65.5 Å². The first kappa shape index (κ1) is 32.8. The molecule has 1 aliphatic carbocycles. The zero-order valence-electron chi connectivity index (χ0n) is 26.3. The average molecular weight is 716 g/mol. The van der Waals surface area contributed by atoms with Gasteiger partial charge in [-0.3, -0.25) is 9.59 Å². The summed E-state index contributed by atoms with van der Waals surface area (Å²) in [6.45, 7) is 3.77. The highest BCUT2D eigenvalue weighted by Crippen LogP contribution is 2.47. The molecule has 1 unspecified atom stereocenters. The molecular weight excluding hydrogens is 682 g/mol. The number of anilines is 1. The molecule has 2 aromatic heterocycles. The van der Waals surface area contributed by atoms with Crippen LogP contribution in [0.15, 0.2) is 34.9 Å². The van der Waals surface area contributed by atoms with Crippen molar-refractivity contribution in [1.29, 1.82) is 0 Å². The maximum atomic E-state index is 15.2. The molecule has 0 radical (unpaired) electrons. The Morgan fingerprint density at radius 3 is 2.48 bits per heavy atom. The predicted molar refractivity (Wildman–Crippen MR) is 179 cm³/mol. The number of nitrogens with one attached hydrogen (secondary N) is 1. The monoisotopic (exact) mass is 714 g/mol. The summed E-state index contributed by atoms with van der Waals surface area (Å²) in [5.41, 5.74) is 1.27. The van der Waals surface area contributed by atoms with E-state index in [0.717, 1.165) is 31.7 Å². The molecule has 3 aliphatic rings. The first-order valence-corrected chi connectivity index (χ1v) is 17.6. The van der Waals surface area contributed by atoms with Crippen molar-refractivity contribution >= 4 is 67.7 Å². The van der Waals surface area contributed by atoms with Crippen LogP contribution in [-0.4, -0.2) is 59.3 Å². The molecule has 3 atom stereocenters. The van der Waals surface area contributed by atoms with E-state index in [0.29, 0.717) is 44.0 Å². The Kier molecular flexibility index (Phi) is 9.08. The minimum Gasteiger partial charge on any atom is -0.464 e. The molecule has 10 nitrogen and oxygen atoms in total. The fourth-order valence-corrected chi connectivity index (χ4v) is 8.29. The van der Waals surface area contributed by atoms with Crippen LogP contribution in [0.3, 0.4) is 0 Å². The summed E-state index contributed by atoms with van der Waals surface area (Å²) in [6.07, 6.45) is 4.35. The van der Waals surface area contributed by atoms with Gasteiger partial charge < -0.3 is 24.2 Å². The summed E-state index contributed by atoms with van der Waals surface area (Å²) in [5, 5.41) is 8.09. The van der Waals surface area contributed by atoms with Crippen molar-refractivity contribution in [3.63, 3.8) is 0 Å². The number of rotatable bonds is 10. The van der Waals surface area contributed by atoms with Crippen molar-refractivity contribution in [2.75, 3.05) is 18.1 Å². The van der Waals surface area contributed by atoms with Crippen molar-refractivity contribution < 1.29 is 32.8 Å². The minimum absolute atomic E-state index is 0.0349. The fourth-order valence-electron chi connectivity index (χ4n) is 6.55. The van der Waals surface area contributed by atoms with Gasteiger partial charge in [0.1, 0.15) is 29.4 Å². The van der Waals surface area contributed by atoms with Gasteiger partial charge in [0.15, 0.2) is 16.7 Å². The number of piperidine rings is 1. The van der Waals surface area contributed by atoms with E-state index in [1.807, 2.05) is 13.8 Å². The van der Waals surface area contributed by atoms with Crippen LogP contribution in [0, 0.1) is 11.7 Å². The molecule has 48 heavy (non-hydrogen) atoms. The van der Waals surface area contributed by atoms with E-state index < -0.39 is 23.7 Å². The Hall–Kier alpha value is -3.74. The van der Waals surface area contributed by atoms with Crippen molar-refractivity contribution in [2.45, 2.75) is 76.5 Å². The van der Waals surface area contributed by atoms with Gasteiger partial charge in [0.2, 0.25) is 0 Å². The maximum Gasteiger partial charge on any atom is 0.344 e. The summed E-state index contributed by atoms with van der Waals surface area (Å²) in [5.74, 6) is -1.49. The van der Waals surface area contributed by atoms with E-state index in [1.54, 1.807) is 24.3 Å². The summed E-state index contributed by atoms with van der Waals surface area (Å²) in [4.78, 5) is 45.3. The number of halogens is 3. The van der Waals surface area contributed by atoms with Gasteiger partial charge in [0, 0.05) is 42.0 Å². The molecule has 7 rings (SSSR count). The van der Waals surface area contributed by atoms with E-state index in [2.05, 4.69) is 20.4 Å². The summed E-state index contributed by atoms with van der Waals surface area (Å²) >= 11 is 14.3. The van der Waals surface area contributed by atoms with E-state index in [9.17, 15) is 14.4 Å². The number of hydrogen-bond acceptors (Lipinski definition) is 10. The molecule has 1 saturated carbocycles. The molecule has 0 spiro atoms. The van der Waals surface area contributed by atoms with Gasteiger partial charge in [0.25, 0.3) is 5.91 Å². The molecule has 4 heterocycles. The highest BCUT2D eigenvalue weighted by molar-refractivity contribution is 7.22. The lowest BCUT2D eigenvalue weighted by Crippen LogP contribution is -2.46. The molecule has 2 saturated heterocycles. The summed E-state index contributed by atoms with van der Waals surface area (Å²) in [7, 11) is 0. The Balaban J connectivity index is 1.05. The van der Waals surface area contributed by atoms with Crippen molar-refractivity contribution in [1.82, 2.24) is 15.5 Å². The quantitative estimate of drug-likeness (QED) is 0.166. The van der Waals surface area contributed by atoms with Crippen LogP contribution in [0.25, 0.3) is 21.5 Å². The number of benzene rings is 2. The van der Waals surface area contributed by atoms with Crippen LogP contribution in [0.4, 0.5) is 9.52 Å². The zero-order chi connectivity index (χ0) is 33.7. The van der Waals surface area contributed by atoms with Crippen LogP contribution < -0.4 is 10.2 Å². The van der Waals surface area contributed by atoms with E-state index in [4.69, 9.17) is 37.2 Å². The Morgan fingerprint density at radius 1 is 1.10 bits per heavy atom. The number of ether oxygens (including phenoxy) is 2. The second kappa shape index (κ2) is 13.3. The van der Waals surface area contributed by atoms with Gasteiger partial charge in [-0.1, -0.05) is 59.6 Å². The molecule has 3 fully saturated rings. The second-order valence-electron chi connectivity index (χ2n) is 13.0. The molecule has 1 N–H and O–H groups in total. The van der Waals surface area contributed by atoms with Crippen molar-refractivity contribution in [3.05, 3.63) is 63.1 Å². The topological polar surface area (TPSA) is 124 Å². The first-order chi connectivity index (χ1) is 23.1. The van der Waals surface area contributed by atoms with Crippen molar-refractivity contribution in [3.8, 4) is 11.3 Å². The number of nitrogens with zero attached hydrogens (tertiary/aromatic N) is 3. The van der Waals surface area contributed by atoms with Crippen LogP contribution >= 0.6 is 34.5 Å². The Morgan fingerprint density at radius 2 is 1.81 bits per heavy atom. The van der Waals surface area contributed by atoms with Crippen LogP contribution in [-0.2, 0) is 14.3 Å². The molecule has 1 amide bonds. The van der Waals surface area contributed by atoms with E-state index in [1.165, 1.54) is 11.3 Å². The molecule has 2 aliphatic heterocycles. The Labute approximate surface area is 289 Å². The smallest absolute Gasteiger partial charge is 0.344 e. The number of amides is 1. The fraction of sp³-hybridized carbons (Fsp3) is 0.441. The number of carbonyl (C=O) groups is 3. The number of hydrogen-bond donors (Lipinski definition) is 1. The lowest BCUT2D eigenvalue weighted by atomic mass is 9.99. The zero-order valence-corrected chi connectivity index (χ0v) is 28.6. The lowest BCUT2D eigenvalue weighted by molar-refractivity contribution is -0.143. The van der Waals surface area contributed by atoms with Gasteiger partial charge in [-0.15, -0.1) is 0 Å². The number of carbonyl (C=O) groups excluding carboxylic acids is 3. The third-order valence-corrected chi connectivity index (χ3v) is 10.6. The molecule has 2 bridgehead atoms. The Bertz CT molecular complexity index is 1880. The molecule has 252 valence electrons. The molecule has 2 aromatic carbocycles. The highest BCUT2D eigenvalue weighted by Gasteiger charge is 2.45. The average Bonchev–Trinajstić information content (AvgIpc) is 3.54. The number of aromatic nitrogens is 2. The SMILES string of the molecule is CC(C)COC(=O)CNC(=O)c1cc(F)c2nc(N3[C@@H]4CC[C@H]3CC(OC(=O)c3c(-c5c(Cl)cccc5Cl)noc3C3CC3)C4)sc2c1. The van der Waals surface area contributed by atoms with E-state index >= 15 is 4.39 Å². The number of fused-ring (bicyclic) bond motifs is 3. The molecule has 4 aromatic rings. The van der Waals surface area contributed by atoms with Crippen LogP contribution in [0.5, 0.6) is 0 Å². The van der Waals surface area contributed by atoms with Gasteiger partial charge in [-0.2, -0.15) is 0 Å².